The number of benzene rings is 3. The fraction of sp³-hybridized carbons (Fsp3) is 0.143. The number of anilines is 1. The lowest BCUT2D eigenvalue weighted by Crippen LogP contribution is -2.04. The lowest BCUT2D eigenvalue weighted by Gasteiger charge is -2.13. The van der Waals surface area contributed by atoms with Crippen LogP contribution in [0.4, 0.5) is 5.69 Å². The number of H-pyrrole nitrogens is 1. The zero-order valence-electron chi connectivity index (χ0n) is 18.2. The average molecular weight is 419 g/mol. The minimum absolute atomic E-state index is 0.903. The molecular weight excluding hydrogens is 392 g/mol. The Morgan fingerprint density at radius 3 is 2.44 bits per heavy atom. The first kappa shape index (κ1) is 20.0. The van der Waals surface area contributed by atoms with Crippen molar-refractivity contribution in [2.75, 3.05) is 11.9 Å². The van der Waals surface area contributed by atoms with Crippen LogP contribution >= 0.6 is 0 Å². The summed E-state index contributed by atoms with van der Waals surface area (Å²) in [5.41, 5.74) is 8.83. The van der Waals surface area contributed by atoms with Crippen LogP contribution in [0.25, 0.3) is 33.3 Å². The van der Waals surface area contributed by atoms with Crippen molar-refractivity contribution in [3.8, 4) is 22.4 Å². The second-order valence-electron chi connectivity index (χ2n) is 8.07. The molecule has 0 spiro atoms. The second kappa shape index (κ2) is 9.06. The number of fused-ring (bicyclic) bond motifs is 1. The molecule has 0 unspecified atom stereocenters. The molecule has 4 heteroatoms. The van der Waals surface area contributed by atoms with Gasteiger partial charge >= 0.3 is 0 Å². The van der Waals surface area contributed by atoms with Crippen molar-refractivity contribution in [2.45, 2.75) is 19.8 Å². The molecule has 0 radical (unpaired) electrons. The van der Waals surface area contributed by atoms with Gasteiger partial charge in [-0.05, 0) is 49.1 Å². The van der Waals surface area contributed by atoms with Crippen molar-refractivity contribution < 1.29 is 0 Å². The molecule has 0 saturated heterocycles. The summed E-state index contributed by atoms with van der Waals surface area (Å²) in [6.07, 6.45) is 4.07. The van der Waals surface area contributed by atoms with Gasteiger partial charge in [0.2, 0.25) is 0 Å². The van der Waals surface area contributed by atoms with E-state index in [1.807, 2.05) is 19.2 Å². The molecular formula is C28H26N4. The summed E-state index contributed by atoms with van der Waals surface area (Å²) < 4.78 is 0. The van der Waals surface area contributed by atoms with Crippen molar-refractivity contribution in [1.82, 2.24) is 15.2 Å². The van der Waals surface area contributed by atoms with Crippen molar-refractivity contribution in [3.05, 3.63) is 102 Å². The summed E-state index contributed by atoms with van der Waals surface area (Å²) >= 11 is 0. The smallest absolute Gasteiger partial charge is 0.0781 e. The monoisotopic (exact) mass is 418 g/mol. The highest BCUT2D eigenvalue weighted by Crippen LogP contribution is 2.34. The molecule has 5 rings (SSSR count). The number of rotatable bonds is 7. The number of nitrogens with zero attached hydrogens (tertiary/aromatic N) is 2. The van der Waals surface area contributed by atoms with E-state index in [-0.39, 0.29) is 0 Å². The van der Waals surface area contributed by atoms with E-state index in [9.17, 15) is 0 Å². The fourth-order valence-corrected chi connectivity index (χ4v) is 4.09. The molecule has 0 aliphatic carbocycles. The third-order valence-corrected chi connectivity index (χ3v) is 5.81. The van der Waals surface area contributed by atoms with Crippen LogP contribution in [0.3, 0.4) is 0 Å². The molecule has 0 amide bonds. The Balaban J connectivity index is 1.44. The molecule has 0 bridgehead atoms. The van der Waals surface area contributed by atoms with Crippen molar-refractivity contribution >= 4 is 16.6 Å². The minimum Gasteiger partial charge on any atom is -0.384 e. The summed E-state index contributed by atoms with van der Waals surface area (Å²) in [6, 6.07) is 29.6. The second-order valence-corrected chi connectivity index (χ2v) is 8.07. The first-order chi connectivity index (χ1) is 15.8. The average Bonchev–Trinajstić information content (AvgIpc) is 3.23. The number of pyridine rings is 1. The van der Waals surface area contributed by atoms with Crippen molar-refractivity contribution in [2.24, 2.45) is 0 Å². The van der Waals surface area contributed by atoms with Gasteiger partial charge in [0, 0.05) is 23.1 Å². The Morgan fingerprint density at radius 2 is 1.62 bits per heavy atom. The van der Waals surface area contributed by atoms with Crippen molar-refractivity contribution in [3.63, 3.8) is 0 Å². The van der Waals surface area contributed by atoms with Gasteiger partial charge in [0.1, 0.15) is 0 Å². The van der Waals surface area contributed by atoms with E-state index >= 15 is 0 Å². The third kappa shape index (κ3) is 4.26. The van der Waals surface area contributed by atoms with Crippen LogP contribution in [0, 0.1) is 6.92 Å². The lowest BCUT2D eigenvalue weighted by atomic mass is 9.97. The SMILES string of the molecule is Cc1n[nH]c2ccc(-c3cc(NCCCc4ccccc4)cnc3-c3ccccc3)cc12. The molecule has 0 aliphatic heterocycles. The van der Waals surface area contributed by atoms with Crippen LogP contribution in [0.1, 0.15) is 17.7 Å². The number of hydrogen-bond donors (Lipinski definition) is 2. The van der Waals surface area contributed by atoms with E-state index in [1.165, 1.54) is 5.56 Å². The minimum atomic E-state index is 0.903. The van der Waals surface area contributed by atoms with Gasteiger partial charge in [0.25, 0.3) is 0 Å². The number of aromatic amines is 1. The molecule has 0 atom stereocenters. The number of nitrogens with one attached hydrogen (secondary N) is 2. The summed E-state index contributed by atoms with van der Waals surface area (Å²) in [7, 11) is 0. The van der Waals surface area contributed by atoms with E-state index in [4.69, 9.17) is 4.98 Å². The maximum absolute atomic E-state index is 4.87. The van der Waals surface area contributed by atoms with Crippen LogP contribution in [-0.2, 0) is 6.42 Å². The molecule has 0 saturated carbocycles. The Hall–Kier alpha value is -3.92. The van der Waals surface area contributed by atoms with E-state index in [2.05, 4.69) is 94.4 Å². The predicted molar refractivity (Wildman–Crippen MR) is 133 cm³/mol. The molecule has 2 aromatic heterocycles. The van der Waals surface area contributed by atoms with Gasteiger partial charge in [-0.1, -0.05) is 66.7 Å². The number of aryl methyl sites for hydroxylation is 2. The van der Waals surface area contributed by atoms with Gasteiger partial charge in [-0.2, -0.15) is 5.10 Å². The molecule has 3 aromatic carbocycles. The maximum atomic E-state index is 4.87. The summed E-state index contributed by atoms with van der Waals surface area (Å²) in [4.78, 5) is 4.87. The third-order valence-electron chi connectivity index (χ3n) is 5.81. The highest BCUT2D eigenvalue weighted by Gasteiger charge is 2.12. The van der Waals surface area contributed by atoms with Gasteiger partial charge in [-0.25, -0.2) is 0 Å². The first-order valence-electron chi connectivity index (χ1n) is 11.1. The van der Waals surface area contributed by atoms with Gasteiger partial charge in [-0.3, -0.25) is 10.1 Å². The van der Waals surface area contributed by atoms with Gasteiger partial charge < -0.3 is 5.32 Å². The quantitative estimate of drug-likeness (QED) is 0.291. The Morgan fingerprint density at radius 1 is 0.844 bits per heavy atom. The number of aromatic nitrogens is 3. The Labute approximate surface area is 188 Å². The molecule has 2 heterocycles. The molecule has 32 heavy (non-hydrogen) atoms. The summed E-state index contributed by atoms with van der Waals surface area (Å²) in [5, 5.41) is 12.2. The molecule has 5 aromatic rings. The zero-order chi connectivity index (χ0) is 21.8. The molecule has 2 N–H and O–H groups in total. The van der Waals surface area contributed by atoms with Crippen LogP contribution in [0.15, 0.2) is 91.1 Å². The normalized spacial score (nSPS) is 11.0. The van der Waals surface area contributed by atoms with E-state index in [0.717, 1.165) is 64.1 Å². The lowest BCUT2D eigenvalue weighted by molar-refractivity contribution is 0.862. The topological polar surface area (TPSA) is 53.6 Å². The standard InChI is InChI=1S/C28H26N4/c1-20-25-17-23(14-15-27(25)32-31-20)26-18-24(19-30-28(26)22-12-6-3-7-13-22)29-16-8-11-21-9-4-2-5-10-21/h2-7,9-10,12-15,17-19,29H,8,11,16H2,1H3,(H,31,32). The Bertz CT molecular complexity index is 1320. The van der Waals surface area contributed by atoms with Crippen LogP contribution in [0.5, 0.6) is 0 Å². The fourth-order valence-electron chi connectivity index (χ4n) is 4.09. The maximum Gasteiger partial charge on any atom is 0.0781 e. The first-order valence-corrected chi connectivity index (χ1v) is 11.1. The molecule has 0 aliphatic rings. The van der Waals surface area contributed by atoms with Crippen LogP contribution in [-0.4, -0.2) is 21.7 Å². The van der Waals surface area contributed by atoms with Gasteiger partial charge in [0.15, 0.2) is 0 Å². The highest BCUT2D eigenvalue weighted by molar-refractivity contribution is 5.90. The van der Waals surface area contributed by atoms with Crippen LogP contribution in [0.2, 0.25) is 0 Å². The highest BCUT2D eigenvalue weighted by atomic mass is 15.1. The van der Waals surface area contributed by atoms with E-state index < -0.39 is 0 Å². The molecule has 4 nitrogen and oxygen atoms in total. The van der Waals surface area contributed by atoms with Crippen LogP contribution < -0.4 is 5.32 Å². The van der Waals surface area contributed by atoms with Crippen molar-refractivity contribution in [1.29, 1.82) is 0 Å². The summed E-state index contributed by atoms with van der Waals surface area (Å²) in [5.74, 6) is 0. The zero-order valence-corrected chi connectivity index (χ0v) is 18.2. The van der Waals surface area contributed by atoms with Gasteiger partial charge in [0.05, 0.1) is 28.8 Å². The number of hydrogen-bond acceptors (Lipinski definition) is 3. The largest absolute Gasteiger partial charge is 0.384 e. The molecule has 158 valence electrons. The Kier molecular flexibility index (Phi) is 5.67. The predicted octanol–water partition coefficient (Wildman–Crippen LogP) is 6.65. The van der Waals surface area contributed by atoms with E-state index in [0.29, 0.717) is 0 Å². The molecule has 0 fully saturated rings. The summed E-state index contributed by atoms with van der Waals surface area (Å²) in [6.45, 7) is 2.93. The van der Waals surface area contributed by atoms with E-state index in [1.54, 1.807) is 0 Å². The van der Waals surface area contributed by atoms with Gasteiger partial charge in [-0.15, -0.1) is 0 Å².